The highest BCUT2D eigenvalue weighted by Gasteiger charge is 2.37. The zero-order chi connectivity index (χ0) is 25.0. The van der Waals surface area contributed by atoms with Gasteiger partial charge in [0.25, 0.3) is 5.91 Å². The molecule has 2 aromatic heterocycles. The summed E-state index contributed by atoms with van der Waals surface area (Å²) in [5.74, 6) is 0.339. The highest BCUT2D eigenvalue weighted by Crippen LogP contribution is 2.35. The summed E-state index contributed by atoms with van der Waals surface area (Å²) in [6.45, 7) is 6.54. The van der Waals surface area contributed by atoms with Gasteiger partial charge in [0.05, 0.1) is 0 Å². The summed E-state index contributed by atoms with van der Waals surface area (Å²) in [5.41, 5.74) is 2.20. The number of aryl methyl sites for hydroxylation is 2. The Bertz CT molecular complexity index is 1460. The minimum Gasteiger partial charge on any atom is -0.595 e. The molecule has 0 saturated carbocycles. The quantitative estimate of drug-likeness (QED) is 0.425. The van der Waals surface area contributed by atoms with Gasteiger partial charge in [-0.2, -0.15) is 5.23 Å². The molecule has 4 heterocycles. The molecule has 1 amide bonds. The summed E-state index contributed by atoms with van der Waals surface area (Å²) >= 11 is 0. The summed E-state index contributed by atoms with van der Waals surface area (Å²) in [6.07, 6.45) is 0.845. The first-order valence-electron chi connectivity index (χ1n) is 11.6. The molecule has 3 unspecified atom stereocenters. The van der Waals surface area contributed by atoms with Crippen LogP contribution in [-0.2, 0) is 11.3 Å². The van der Waals surface area contributed by atoms with Gasteiger partial charge in [-0.3, -0.25) is 9.59 Å². The number of carbonyl (C=O) groups is 1. The fraction of sp³-hybridized carbons (Fsp3) is 0.400. The molecule has 10 nitrogen and oxygen atoms in total. The van der Waals surface area contributed by atoms with Gasteiger partial charge in [-0.1, -0.05) is 0 Å². The second kappa shape index (κ2) is 8.63. The summed E-state index contributed by atoms with van der Waals surface area (Å²) in [4.78, 5) is 39.5. The van der Waals surface area contributed by atoms with Crippen LogP contribution in [0.5, 0.6) is 5.75 Å². The standard InChI is InChI=1S/C25H27N3O7/c1-13-14(2)25(31)35-23-15(3)21(7-4-18(13)23)34-12-22(29)26-9-16-8-17(11-26)19-5-6-20(28(32)33)24(30)27(19)10-16/h4-7,16-17,28,32H,8-12H2,1-3H3. The van der Waals surface area contributed by atoms with Gasteiger partial charge in [0, 0.05) is 53.8 Å². The van der Waals surface area contributed by atoms with Crippen molar-refractivity contribution in [1.82, 2.24) is 9.47 Å². The molecule has 2 N–H and O–H groups in total. The van der Waals surface area contributed by atoms with Gasteiger partial charge in [-0.25, -0.2) is 10.0 Å². The molecule has 2 aliphatic heterocycles. The molecule has 10 heteroatoms. The third-order valence-corrected chi connectivity index (χ3v) is 7.36. The van der Waals surface area contributed by atoms with E-state index in [2.05, 4.69) is 0 Å². The van der Waals surface area contributed by atoms with E-state index in [4.69, 9.17) is 9.15 Å². The van der Waals surface area contributed by atoms with Crippen molar-refractivity contribution in [2.24, 2.45) is 5.92 Å². The number of fused-ring (bicyclic) bond motifs is 5. The van der Waals surface area contributed by atoms with E-state index in [1.54, 1.807) is 35.4 Å². The number of quaternary nitrogens is 1. The molecule has 1 saturated heterocycles. The Morgan fingerprint density at radius 2 is 1.89 bits per heavy atom. The number of carbonyl (C=O) groups excluding carboxylic acids is 1. The van der Waals surface area contributed by atoms with E-state index >= 15 is 0 Å². The van der Waals surface area contributed by atoms with E-state index in [0.29, 0.717) is 42.1 Å². The second-order valence-electron chi connectivity index (χ2n) is 9.48. The monoisotopic (exact) mass is 481 g/mol. The zero-order valence-electron chi connectivity index (χ0n) is 19.8. The van der Waals surface area contributed by atoms with Crippen LogP contribution in [0.2, 0.25) is 0 Å². The van der Waals surface area contributed by atoms with Crippen LogP contribution in [0.4, 0.5) is 5.69 Å². The number of hydrogen-bond donors (Lipinski definition) is 2. The van der Waals surface area contributed by atoms with E-state index in [0.717, 1.165) is 23.1 Å². The molecule has 0 radical (unpaired) electrons. The average molecular weight is 482 g/mol. The third kappa shape index (κ3) is 3.93. The Balaban J connectivity index is 1.33. The van der Waals surface area contributed by atoms with Crippen LogP contribution < -0.4 is 21.1 Å². The van der Waals surface area contributed by atoms with Gasteiger partial charge in [0.1, 0.15) is 11.3 Å². The Hall–Kier alpha value is -3.47. The first-order chi connectivity index (χ1) is 16.7. The number of nitrogens with zero attached hydrogens (tertiary/aromatic N) is 2. The van der Waals surface area contributed by atoms with E-state index in [1.165, 1.54) is 6.07 Å². The Labute approximate surface area is 200 Å². The number of amides is 1. The summed E-state index contributed by atoms with van der Waals surface area (Å²) in [7, 11) is 0. The molecule has 1 fully saturated rings. The van der Waals surface area contributed by atoms with Crippen molar-refractivity contribution in [3.8, 4) is 5.75 Å². The molecule has 2 bridgehead atoms. The van der Waals surface area contributed by atoms with E-state index < -0.39 is 10.8 Å². The van der Waals surface area contributed by atoms with E-state index in [9.17, 15) is 24.8 Å². The predicted molar refractivity (Wildman–Crippen MR) is 126 cm³/mol. The Morgan fingerprint density at radius 3 is 2.63 bits per heavy atom. The number of rotatable bonds is 4. The average Bonchev–Trinajstić information content (AvgIpc) is 2.82. The van der Waals surface area contributed by atoms with E-state index in [1.807, 2.05) is 13.0 Å². The number of benzene rings is 1. The fourth-order valence-electron chi connectivity index (χ4n) is 5.32. The smallest absolute Gasteiger partial charge is 0.339 e. The van der Waals surface area contributed by atoms with Crippen molar-refractivity contribution in [1.29, 1.82) is 0 Å². The first kappa shape index (κ1) is 23.3. The number of nitrogens with one attached hydrogen (secondary N) is 1. The number of piperidine rings is 1. The number of hydrogen-bond acceptors (Lipinski definition) is 7. The number of ether oxygens (including phenoxy) is 1. The minimum atomic E-state index is -1.23. The lowest BCUT2D eigenvalue weighted by Gasteiger charge is -2.42. The normalized spacial score (nSPS) is 20.0. The zero-order valence-corrected chi connectivity index (χ0v) is 19.8. The number of pyridine rings is 1. The van der Waals surface area contributed by atoms with Gasteiger partial charge >= 0.3 is 11.2 Å². The maximum atomic E-state index is 13.0. The Kier molecular flexibility index (Phi) is 5.74. The van der Waals surface area contributed by atoms with Crippen molar-refractivity contribution in [3.05, 3.63) is 72.6 Å². The summed E-state index contributed by atoms with van der Waals surface area (Å²) in [5, 5.41) is 20.2. The molecule has 2 aliphatic rings. The Morgan fingerprint density at radius 1 is 1.11 bits per heavy atom. The molecule has 35 heavy (non-hydrogen) atoms. The van der Waals surface area contributed by atoms with Gasteiger partial charge in [-0.05, 0) is 56.9 Å². The van der Waals surface area contributed by atoms with Crippen molar-refractivity contribution >= 4 is 22.6 Å². The largest absolute Gasteiger partial charge is 0.595 e. The number of aromatic nitrogens is 1. The van der Waals surface area contributed by atoms with Crippen LogP contribution in [0.25, 0.3) is 11.0 Å². The molecule has 0 aliphatic carbocycles. The molecular formula is C25H27N3O7. The molecule has 184 valence electrons. The highest BCUT2D eigenvalue weighted by atomic mass is 16.8. The SMILES string of the molecule is Cc1c(C)c2ccc(OCC(=O)N3CC4CC(C3)c3ccc([NH+]([O-])O)c(=O)n3C4)c(C)c2oc1=O. The molecule has 3 aromatic rings. The highest BCUT2D eigenvalue weighted by molar-refractivity contribution is 5.86. The maximum Gasteiger partial charge on any atom is 0.339 e. The molecule has 1 aromatic carbocycles. The summed E-state index contributed by atoms with van der Waals surface area (Å²) < 4.78 is 12.9. The van der Waals surface area contributed by atoms with Crippen LogP contribution in [0.1, 0.15) is 34.7 Å². The van der Waals surface area contributed by atoms with Crippen LogP contribution >= 0.6 is 0 Å². The van der Waals surface area contributed by atoms with Crippen molar-refractivity contribution < 1.29 is 24.4 Å². The first-order valence-corrected chi connectivity index (χ1v) is 11.6. The lowest BCUT2D eigenvalue weighted by atomic mass is 9.83. The lowest BCUT2D eigenvalue weighted by molar-refractivity contribution is -0.992. The minimum absolute atomic E-state index is 0.0371. The summed E-state index contributed by atoms with van der Waals surface area (Å²) in [6, 6.07) is 6.65. The fourth-order valence-corrected chi connectivity index (χ4v) is 5.32. The third-order valence-electron chi connectivity index (χ3n) is 7.36. The maximum absolute atomic E-state index is 13.0. The van der Waals surface area contributed by atoms with Gasteiger partial charge < -0.3 is 23.8 Å². The predicted octanol–water partition coefficient (Wildman–Crippen LogP) is 1.31. The lowest BCUT2D eigenvalue weighted by Crippen LogP contribution is -3.00. The van der Waals surface area contributed by atoms with Crippen molar-refractivity contribution in [2.75, 3.05) is 19.7 Å². The molecule has 3 atom stereocenters. The second-order valence-corrected chi connectivity index (χ2v) is 9.48. The van der Waals surface area contributed by atoms with Crippen LogP contribution in [0.15, 0.2) is 38.3 Å². The van der Waals surface area contributed by atoms with Gasteiger partial charge in [0.2, 0.25) is 5.69 Å². The number of likely N-dealkylation sites (tertiary alicyclic amines) is 1. The van der Waals surface area contributed by atoms with Crippen LogP contribution in [0, 0.1) is 31.9 Å². The van der Waals surface area contributed by atoms with Gasteiger partial charge in [-0.15, -0.1) is 0 Å². The van der Waals surface area contributed by atoms with Gasteiger partial charge in [0.15, 0.2) is 6.61 Å². The van der Waals surface area contributed by atoms with Crippen molar-refractivity contribution in [3.63, 3.8) is 0 Å². The van der Waals surface area contributed by atoms with E-state index in [-0.39, 0.29) is 35.7 Å². The van der Waals surface area contributed by atoms with Crippen molar-refractivity contribution in [2.45, 2.75) is 39.7 Å². The van der Waals surface area contributed by atoms with Crippen LogP contribution in [0.3, 0.4) is 0 Å². The molecule has 0 spiro atoms. The molecule has 5 rings (SSSR count). The van der Waals surface area contributed by atoms with Crippen LogP contribution in [-0.4, -0.2) is 40.3 Å². The topological polar surface area (TPSA) is 129 Å². The molecular weight excluding hydrogens is 454 g/mol.